The number of halogens is 1. The van der Waals surface area contributed by atoms with Gasteiger partial charge in [0.1, 0.15) is 0 Å². The van der Waals surface area contributed by atoms with Crippen molar-refractivity contribution in [2.24, 2.45) is 0 Å². The van der Waals surface area contributed by atoms with Gasteiger partial charge in [0, 0.05) is 18.3 Å². The largest absolute Gasteiger partial charge is 0.398 e. The Morgan fingerprint density at radius 1 is 1.40 bits per heavy atom. The molecule has 1 aromatic carbocycles. The molecule has 0 fully saturated rings. The monoisotopic (exact) mass is 221 g/mol. The zero-order chi connectivity index (χ0) is 10.8. The maximum Gasteiger partial charge on any atom is 0.0635 e. The number of hydrogen-bond donors (Lipinski definition) is 1. The molecule has 0 unspecified atom stereocenters. The summed E-state index contributed by atoms with van der Waals surface area (Å²) in [4.78, 5) is 0. The number of rotatable bonds is 2. The van der Waals surface area contributed by atoms with Gasteiger partial charge in [0.05, 0.1) is 16.9 Å². The Bertz CT molecular complexity index is 476. The Labute approximate surface area is 93.5 Å². The van der Waals surface area contributed by atoms with E-state index in [4.69, 9.17) is 17.3 Å². The summed E-state index contributed by atoms with van der Waals surface area (Å²) in [5.41, 5.74) is 8.43. The Balaban J connectivity index is 2.40. The molecule has 3 nitrogen and oxygen atoms in total. The first-order valence-electron chi connectivity index (χ1n) is 4.78. The van der Waals surface area contributed by atoms with Gasteiger partial charge in [-0.15, -0.1) is 0 Å². The number of hydrogen-bond acceptors (Lipinski definition) is 2. The molecule has 0 saturated carbocycles. The van der Waals surface area contributed by atoms with E-state index in [1.165, 1.54) is 0 Å². The summed E-state index contributed by atoms with van der Waals surface area (Å²) in [6.45, 7) is 2.91. The van der Waals surface area contributed by atoms with E-state index in [-0.39, 0.29) is 0 Å². The molecule has 1 aromatic heterocycles. The normalized spacial score (nSPS) is 10.5. The van der Waals surface area contributed by atoms with Crippen LogP contribution in [0.5, 0.6) is 0 Å². The fourth-order valence-corrected chi connectivity index (χ4v) is 1.53. The highest BCUT2D eigenvalue weighted by Gasteiger charge is 2.03. The van der Waals surface area contributed by atoms with Crippen LogP contribution in [0.4, 0.5) is 5.69 Å². The second kappa shape index (κ2) is 3.95. The first-order chi connectivity index (χ1) is 7.20. The average Bonchev–Trinajstić information content (AvgIpc) is 2.70. The first-order valence-corrected chi connectivity index (χ1v) is 5.16. The van der Waals surface area contributed by atoms with Crippen LogP contribution in [0.25, 0.3) is 11.1 Å². The molecule has 4 heteroatoms. The third-order valence-electron chi connectivity index (χ3n) is 2.29. The lowest BCUT2D eigenvalue weighted by atomic mass is 10.1. The molecule has 2 rings (SSSR count). The lowest BCUT2D eigenvalue weighted by Gasteiger charge is -2.01. The quantitative estimate of drug-likeness (QED) is 0.793. The van der Waals surface area contributed by atoms with E-state index in [0.717, 1.165) is 17.7 Å². The first kappa shape index (κ1) is 10.1. The van der Waals surface area contributed by atoms with Crippen molar-refractivity contribution in [2.45, 2.75) is 13.5 Å². The Hall–Kier alpha value is -1.48. The topological polar surface area (TPSA) is 43.8 Å². The maximum absolute atomic E-state index is 5.85. The van der Waals surface area contributed by atoms with Crippen LogP contribution in [0.1, 0.15) is 6.92 Å². The highest BCUT2D eigenvalue weighted by Crippen LogP contribution is 2.26. The number of aryl methyl sites for hydroxylation is 1. The minimum absolute atomic E-state index is 0.585. The van der Waals surface area contributed by atoms with Crippen molar-refractivity contribution in [3.63, 3.8) is 0 Å². The van der Waals surface area contributed by atoms with Crippen molar-refractivity contribution in [1.82, 2.24) is 9.78 Å². The van der Waals surface area contributed by atoms with Crippen LogP contribution in [0.2, 0.25) is 5.02 Å². The van der Waals surface area contributed by atoms with E-state index in [1.807, 2.05) is 36.1 Å². The third-order valence-corrected chi connectivity index (χ3v) is 2.63. The number of anilines is 1. The molecule has 0 amide bonds. The van der Waals surface area contributed by atoms with Gasteiger partial charge in [0.15, 0.2) is 0 Å². The Kier molecular flexibility index (Phi) is 2.64. The molecule has 1 heterocycles. The number of nitrogens with two attached hydrogens (primary N) is 1. The zero-order valence-electron chi connectivity index (χ0n) is 8.44. The lowest BCUT2D eigenvalue weighted by Crippen LogP contribution is -1.92. The zero-order valence-corrected chi connectivity index (χ0v) is 9.20. The highest BCUT2D eigenvalue weighted by molar-refractivity contribution is 6.33. The number of benzene rings is 1. The second-order valence-corrected chi connectivity index (χ2v) is 3.73. The minimum Gasteiger partial charge on any atom is -0.398 e. The van der Waals surface area contributed by atoms with Gasteiger partial charge in [0.25, 0.3) is 0 Å². The van der Waals surface area contributed by atoms with E-state index < -0.39 is 0 Å². The molecule has 0 aliphatic rings. The van der Waals surface area contributed by atoms with Crippen molar-refractivity contribution in [3.05, 3.63) is 35.6 Å². The molecule has 0 aliphatic heterocycles. The van der Waals surface area contributed by atoms with E-state index in [9.17, 15) is 0 Å². The van der Waals surface area contributed by atoms with Gasteiger partial charge in [-0.3, -0.25) is 4.68 Å². The fraction of sp³-hybridized carbons (Fsp3) is 0.182. The minimum atomic E-state index is 0.585. The second-order valence-electron chi connectivity index (χ2n) is 3.32. The van der Waals surface area contributed by atoms with E-state index in [2.05, 4.69) is 5.10 Å². The molecule has 78 valence electrons. The van der Waals surface area contributed by atoms with Crippen LogP contribution in [0, 0.1) is 0 Å². The van der Waals surface area contributed by atoms with Gasteiger partial charge in [-0.25, -0.2) is 0 Å². The third kappa shape index (κ3) is 1.97. The predicted molar refractivity (Wildman–Crippen MR) is 62.8 cm³/mol. The average molecular weight is 222 g/mol. The van der Waals surface area contributed by atoms with Crippen LogP contribution in [0.3, 0.4) is 0 Å². The van der Waals surface area contributed by atoms with Gasteiger partial charge >= 0.3 is 0 Å². The van der Waals surface area contributed by atoms with Gasteiger partial charge in [-0.2, -0.15) is 5.10 Å². The SMILES string of the molecule is CCn1cc(-c2ccc(Cl)c(N)c2)cn1. The van der Waals surface area contributed by atoms with Gasteiger partial charge in [-0.1, -0.05) is 17.7 Å². The van der Waals surface area contributed by atoms with Crippen LogP contribution in [-0.2, 0) is 6.54 Å². The molecule has 0 saturated heterocycles. The molecule has 0 spiro atoms. The van der Waals surface area contributed by atoms with E-state index in [1.54, 1.807) is 6.07 Å². The van der Waals surface area contributed by atoms with Gasteiger partial charge < -0.3 is 5.73 Å². The van der Waals surface area contributed by atoms with Crippen molar-refractivity contribution in [2.75, 3.05) is 5.73 Å². The van der Waals surface area contributed by atoms with Crippen molar-refractivity contribution in [1.29, 1.82) is 0 Å². The lowest BCUT2D eigenvalue weighted by molar-refractivity contribution is 0.660. The molecular formula is C11H12ClN3. The fourth-order valence-electron chi connectivity index (χ4n) is 1.41. The highest BCUT2D eigenvalue weighted by atomic mass is 35.5. The number of nitrogens with zero attached hydrogens (tertiary/aromatic N) is 2. The Morgan fingerprint density at radius 3 is 2.80 bits per heavy atom. The standard InChI is InChI=1S/C11H12ClN3/c1-2-15-7-9(6-14-15)8-3-4-10(12)11(13)5-8/h3-7H,2,13H2,1H3. The van der Waals surface area contributed by atoms with Gasteiger partial charge in [0.2, 0.25) is 0 Å². The van der Waals surface area contributed by atoms with E-state index >= 15 is 0 Å². The van der Waals surface area contributed by atoms with E-state index in [0.29, 0.717) is 10.7 Å². The van der Waals surface area contributed by atoms with Crippen LogP contribution in [0.15, 0.2) is 30.6 Å². The number of nitrogen functional groups attached to an aromatic ring is 1. The summed E-state index contributed by atoms with van der Waals surface area (Å²) in [6, 6.07) is 5.60. The molecule has 0 aliphatic carbocycles. The van der Waals surface area contributed by atoms with Crippen LogP contribution < -0.4 is 5.73 Å². The smallest absolute Gasteiger partial charge is 0.0635 e. The van der Waals surface area contributed by atoms with Crippen molar-refractivity contribution >= 4 is 17.3 Å². The van der Waals surface area contributed by atoms with Crippen molar-refractivity contribution < 1.29 is 0 Å². The summed E-state index contributed by atoms with van der Waals surface area (Å²) in [5, 5.41) is 4.79. The summed E-state index contributed by atoms with van der Waals surface area (Å²) in [5.74, 6) is 0. The molecule has 0 radical (unpaired) electrons. The number of aromatic nitrogens is 2. The molecule has 2 N–H and O–H groups in total. The summed E-state index contributed by atoms with van der Waals surface area (Å²) in [6.07, 6.45) is 3.81. The summed E-state index contributed by atoms with van der Waals surface area (Å²) < 4.78 is 1.88. The Morgan fingerprint density at radius 2 is 2.20 bits per heavy atom. The summed E-state index contributed by atoms with van der Waals surface area (Å²) in [7, 11) is 0. The molecule has 2 aromatic rings. The molecule has 15 heavy (non-hydrogen) atoms. The van der Waals surface area contributed by atoms with Crippen molar-refractivity contribution in [3.8, 4) is 11.1 Å². The van der Waals surface area contributed by atoms with Gasteiger partial charge in [-0.05, 0) is 24.6 Å². The predicted octanol–water partition coefficient (Wildman–Crippen LogP) is 2.81. The molecule has 0 bridgehead atoms. The van der Waals surface area contributed by atoms with Crippen LogP contribution >= 0.6 is 11.6 Å². The maximum atomic E-state index is 5.85. The summed E-state index contributed by atoms with van der Waals surface area (Å²) >= 11 is 5.85. The molecular weight excluding hydrogens is 210 g/mol. The van der Waals surface area contributed by atoms with Crippen LogP contribution in [-0.4, -0.2) is 9.78 Å². The molecule has 0 atom stereocenters.